The third-order valence-electron chi connectivity index (χ3n) is 5.80. The lowest BCUT2D eigenvalue weighted by Crippen LogP contribution is -2.57. The van der Waals surface area contributed by atoms with Crippen LogP contribution < -0.4 is 21.3 Å². The van der Waals surface area contributed by atoms with E-state index in [2.05, 4.69) is 21.3 Å². The number of hydrogen-bond donors (Lipinski definition) is 4. The fraction of sp³-hybridized carbons (Fsp3) is 0.452. The summed E-state index contributed by atoms with van der Waals surface area (Å²) in [5, 5.41) is 10.4. The molecule has 42 heavy (non-hydrogen) atoms. The van der Waals surface area contributed by atoms with Crippen molar-refractivity contribution in [2.45, 2.75) is 77.8 Å². The van der Waals surface area contributed by atoms with Gasteiger partial charge in [0, 0.05) is 13.0 Å². The molecule has 11 nitrogen and oxygen atoms in total. The van der Waals surface area contributed by atoms with E-state index in [1.54, 1.807) is 45.0 Å². The Kier molecular flexibility index (Phi) is 13.5. The van der Waals surface area contributed by atoms with Crippen molar-refractivity contribution < 1.29 is 33.4 Å². The zero-order chi connectivity index (χ0) is 31.1. The lowest BCUT2D eigenvalue weighted by Gasteiger charge is -2.25. The van der Waals surface area contributed by atoms with E-state index in [9.17, 15) is 24.0 Å². The summed E-state index contributed by atoms with van der Waals surface area (Å²) in [5.41, 5.74) is 0.829. The van der Waals surface area contributed by atoms with Gasteiger partial charge in [0.2, 0.25) is 11.8 Å². The summed E-state index contributed by atoms with van der Waals surface area (Å²) in [4.78, 5) is 62.9. The fourth-order valence-electron chi connectivity index (χ4n) is 3.87. The molecule has 0 heterocycles. The second kappa shape index (κ2) is 16.8. The van der Waals surface area contributed by atoms with E-state index >= 15 is 0 Å². The van der Waals surface area contributed by atoms with Crippen molar-refractivity contribution in [3.63, 3.8) is 0 Å². The van der Waals surface area contributed by atoms with E-state index < -0.39 is 47.7 Å². The molecular formula is C31H42N4O7. The predicted octanol–water partition coefficient (Wildman–Crippen LogP) is 3.26. The fourth-order valence-corrected chi connectivity index (χ4v) is 3.87. The molecule has 0 spiro atoms. The van der Waals surface area contributed by atoms with Crippen LogP contribution in [-0.4, -0.2) is 60.6 Å². The number of nitrogens with one attached hydrogen (secondary N) is 4. The Hall–Kier alpha value is -4.41. The van der Waals surface area contributed by atoms with Gasteiger partial charge in [0.05, 0.1) is 0 Å². The highest BCUT2D eigenvalue weighted by Crippen LogP contribution is 2.10. The standard InChI is InChI=1S/C31H42N4O7/c1-21(2)16-25(35-30(40)41-20-23-14-10-7-11-15-23)28(38)34-26(17-22-12-8-6-9-13-22)27(37)33-24(19-36)18-32-29(39)42-31(3,4)5/h6-15,19,21,24-26H,16-18,20H2,1-5H3,(H,32,39)(H,33,37)(H,34,38)(H,35,40)/t24-,25-,26-/m0/s1. The highest BCUT2D eigenvalue weighted by atomic mass is 16.6. The summed E-state index contributed by atoms with van der Waals surface area (Å²) in [6, 6.07) is 15.0. The van der Waals surface area contributed by atoms with Gasteiger partial charge >= 0.3 is 12.2 Å². The topological polar surface area (TPSA) is 152 Å². The molecule has 0 saturated carbocycles. The number of carbonyl (C=O) groups is 5. The van der Waals surface area contributed by atoms with Gasteiger partial charge in [-0.1, -0.05) is 74.5 Å². The minimum Gasteiger partial charge on any atom is -0.445 e. The van der Waals surface area contributed by atoms with Gasteiger partial charge in [-0.05, 0) is 44.2 Å². The Labute approximate surface area is 247 Å². The first-order valence-corrected chi connectivity index (χ1v) is 13.9. The molecule has 4 amide bonds. The van der Waals surface area contributed by atoms with Gasteiger partial charge in [-0.3, -0.25) is 9.59 Å². The van der Waals surface area contributed by atoms with Crippen molar-refractivity contribution in [1.29, 1.82) is 0 Å². The van der Waals surface area contributed by atoms with Gasteiger partial charge < -0.3 is 35.5 Å². The number of amides is 4. The number of hydrogen-bond acceptors (Lipinski definition) is 7. The quantitative estimate of drug-likeness (QED) is 0.250. The summed E-state index contributed by atoms with van der Waals surface area (Å²) < 4.78 is 10.5. The Morgan fingerprint density at radius 1 is 0.786 bits per heavy atom. The highest BCUT2D eigenvalue weighted by Gasteiger charge is 2.29. The average Bonchev–Trinajstić information content (AvgIpc) is 2.93. The summed E-state index contributed by atoms with van der Waals surface area (Å²) in [6.45, 7) is 8.73. The molecule has 0 radical (unpaired) electrons. The molecule has 0 fully saturated rings. The molecule has 11 heteroatoms. The van der Waals surface area contributed by atoms with Crippen LogP contribution in [0.5, 0.6) is 0 Å². The third-order valence-corrected chi connectivity index (χ3v) is 5.80. The molecule has 228 valence electrons. The molecule has 2 aromatic carbocycles. The van der Waals surface area contributed by atoms with Crippen molar-refractivity contribution in [2.24, 2.45) is 5.92 Å². The molecule has 4 N–H and O–H groups in total. The molecule has 0 aliphatic heterocycles. The van der Waals surface area contributed by atoms with Gasteiger partial charge in [-0.15, -0.1) is 0 Å². The van der Waals surface area contributed by atoms with E-state index in [0.717, 1.165) is 11.1 Å². The van der Waals surface area contributed by atoms with Gasteiger partial charge in [0.15, 0.2) is 0 Å². The Balaban J connectivity index is 2.11. The molecule has 0 aromatic heterocycles. The van der Waals surface area contributed by atoms with Crippen LogP contribution in [0.3, 0.4) is 0 Å². The van der Waals surface area contributed by atoms with Gasteiger partial charge in [0.25, 0.3) is 0 Å². The monoisotopic (exact) mass is 582 g/mol. The van der Waals surface area contributed by atoms with E-state index in [-0.39, 0.29) is 25.5 Å². The second-order valence-electron chi connectivity index (χ2n) is 11.3. The van der Waals surface area contributed by atoms with Crippen LogP contribution in [0.15, 0.2) is 60.7 Å². The van der Waals surface area contributed by atoms with Crippen molar-refractivity contribution in [2.75, 3.05) is 6.54 Å². The minimum atomic E-state index is -1.08. The smallest absolute Gasteiger partial charge is 0.408 e. The van der Waals surface area contributed by atoms with Crippen LogP contribution in [0.25, 0.3) is 0 Å². The van der Waals surface area contributed by atoms with E-state index in [1.807, 2.05) is 50.2 Å². The van der Waals surface area contributed by atoms with Crippen molar-refractivity contribution >= 4 is 30.3 Å². The second-order valence-corrected chi connectivity index (χ2v) is 11.3. The first-order valence-electron chi connectivity index (χ1n) is 13.9. The number of alkyl carbamates (subject to hydrolysis) is 2. The molecule has 3 atom stereocenters. The number of rotatable bonds is 14. The van der Waals surface area contributed by atoms with Gasteiger partial charge in [-0.2, -0.15) is 0 Å². The van der Waals surface area contributed by atoms with Crippen LogP contribution in [0, 0.1) is 5.92 Å². The molecule has 0 bridgehead atoms. The Morgan fingerprint density at radius 3 is 1.90 bits per heavy atom. The van der Waals surface area contributed by atoms with Crippen molar-refractivity contribution in [1.82, 2.24) is 21.3 Å². The zero-order valence-corrected chi connectivity index (χ0v) is 24.8. The summed E-state index contributed by atoms with van der Waals surface area (Å²) in [6.07, 6.45) is -0.598. The first kappa shape index (κ1) is 33.8. The normalized spacial score (nSPS) is 13.2. The summed E-state index contributed by atoms with van der Waals surface area (Å²) >= 11 is 0. The lowest BCUT2D eigenvalue weighted by atomic mass is 10.0. The number of aldehydes is 1. The summed E-state index contributed by atoms with van der Waals surface area (Å²) in [5.74, 6) is -1.17. The van der Waals surface area contributed by atoms with Gasteiger partial charge in [0.1, 0.15) is 36.6 Å². The van der Waals surface area contributed by atoms with Crippen LogP contribution in [-0.2, 0) is 36.9 Å². The van der Waals surface area contributed by atoms with Crippen LogP contribution in [0.4, 0.5) is 9.59 Å². The van der Waals surface area contributed by atoms with E-state index in [1.165, 1.54) is 0 Å². The minimum absolute atomic E-state index is 0.0339. The number of ether oxygens (including phenoxy) is 2. The zero-order valence-electron chi connectivity index (χ0n) is 24.8. The molecular weight excluding hydrogens is 540 g/mol. The number of benzene rings is 2. The molecule has 0 aliphatic carbocycles. The third kappa shape index (κ3) is 13.3. The molecule has 0 aliphatic rings. The van der Waals surface area contributed by atoms with Crippen LogP contribution in [0.1, 0.15) is 52.2 Å². The summed E-state index contributed by atoms with van der Waals surface area (Å²) in [7, 11) is 0. The lowest BCUT2D eigenvalue weighted by molar-refractivity contribution is -0.131. The number of carbonyl (C=O) groups excluding carboxylic acids is 5. The first-order chi connectivity index (χ1) is 19.9. The van der Waals surface area contributed by atoms with Crippen LogP contribution >= 0.6 is 0 Å². The molecule has 2 rings (SSSR count). The predicted molar refractivity (Wildman–Crippen MR) is 157 cm³/mol. The molecule has 0 unspecified atom stereocenters. The van der Waals surface area contributed by atoms with Crippen molar-refractivity contribution in [3.8, 4) is 0 Å². The largest absolute Gasteiger partial charge is 0.445 e. The molecule has 2 aromatic rings. The Morgan fingerprint density at radius 2 is 1.36 bits per heavy atom. The van der Waals surface area contributed by atoms with Gasteiger partial charge in [-0.25, -0.2) is 9.59 Å². The average molecular weight is 583 g/mol. The maximum absolute atomic E-state index is 13.4. The maximum Gasteiger partial charge on any atom is 0.408 e. The van der Waals surface area contributed by atoms with E-state index in [0.29, 0.717) is 12.7 Å². The SMILES string of the molecule is CC(C)C[C@H](NC(=O)OCc1ccccc1)C(=O)N[C@@H](Cc1ccccc1)C(=O)N[C@H](C=O)CNC(=O)OC(C)(C)C. The maximum atomic E-state index is 13.4. The van der Waals surface area contributed by atoms with Crippen LogP contribution in [0.2, 0.25) is 0 Å². The van der Waals surface area contributed by atoms with E-state index in [4.69, 9.17) is 9.47 Å². The van der Waals surface area contributed by atoms with Crippen molar-refractivity contribution in [3.05, 3.63) is 71.8 Å². The molecule has 0 saturated heterocycles. The Bertz CT molecular complexity index is 1170. The highest BCUT2D eigenvalue weighted by molar-refractivity contribution is 5.92.